The predicted octanol–water partition coefficient (Wildman–Crippen LogP) is 3.42. The molecule has 206 valence electrons. The first-order valence-electron chi connectivity index (χ1n) is 13.2. The summed E-state index contributed by atoms with van der Waals surface area (Å²) < 4.78 is 3.42. The molecule has 0 saturated carbocycles. The van der Waals surface area contributed by atoms with Crippen molar-refractivity contribution in [1.82, 2.24) is 4.57 Å². The Labute approximate surface area is 233 Å². The number of nitrogens with zero attached hydrogens (tertiary/aromatic N) is 4. The highest BCUT2D eigenvalue weighted by molar-refractivity contribution is 6.09. The number of carbonyl (C=O) groups excluding carboxylic acids is 1. The standard InChI is InChI=1S/C31H34N6O3/c1-32-22-12-13-35(4)29(17-22)33-27-16-21(18-36(5)31(27)40)24-7-6-8-28(26(24)19-38)37-14-11-20-15-23(34(2)3)9-10-25(20)30(37)39/h6-10,12-13,15-18,38H,11,14,19H2,1-5H3,(H,32,33)/p+1. The zero-order valence-corrected chi connectivity index (χ0v) is 23.5. The monoisotopic (exact) mass is 539 g/mol. The van der Waals surface area contributed by atoms with E-state index in [1.165, 1.54) is 4.57 Å². The summed E-state index contributed by atoms with van der Waals surface area (Å²) in [5.41, 5.74) is 6.71. The molecule has 0 saturated heterocycles. The van der Waals surface area contributed by atoms with E-state index >= 15 is 0 Å². The SMILES string of the molecule is CNc1cc[n+](C)c(Nc2cc(-c3cccc(N4CCc5cc(N(C)C)ccc5C4=O)c3CO)cn(C)c2=O)c1. The van der Waals surface area contributed by atoms with Crippen LogP contribution in [0.3, 0.4) is 0 Å². The first-order chi connectivity index (χ1) is 19.2. The number of benzene rings is 2. The highest BCUT2D eigenvalue weighted by Gasteiger charge is 2.28. The molecule has 0 unspecified atom stereocenters. The number of anilines is 5. The van der Waals surface area contributed by atoms with Gasteiger partial charge in [-0.15, -0.1) is 0 Å². The Morgan fingerprint density at radius 2 is 1.85 bits per heavy atom. The molecule has 1 aliphatic heterocycles. The van der Waals surface area contributed by atoms with E-state index in [4.69, 9.17) is 0 Å². The summed E-state index contributed by atoms with van der Waals surface area (Å²) in [5.74, 6) is 0.658. The van der Waals surface area contributed by atoms with E-state index < -0.39 is 0 Å². The lowest BCUT2D eigenvalue weighted by atomic mass is 9.94. The lowest BCUT2D eigenvalue weighted by molar-refractivity contribution is -0.656. The van der Waals surface area contributed by atoms with Crippen molar-refractivity contribution in [2.75, 3.05) is 48.1 Å². The Bertz CT molecular complexity index is 1660. The van der Waals surface area contributed by atoms with E-state index in [9.17, 15) is 14.7 Å². The van der Waals surface area contributed by atoms with Crippen LogP contribution in [0.2, 0.25) is 0 Å². The summed E-state index contributed by atoms with van der Waals surface area (Å²) in [6, 6.07) is 17.2. The van der Waals surface area contributed by atoms with Gasteiger partial charge >= 0.3 is 0 Å². The van der Waals surface area contributed by atoms with E-state index in [2.05, 4.69) is 16.7 Å². The van der Waals surface area contributed by atoms with Crippen LogP contribution in [0, 0.1) is 0 Å². The van der Waals surface area contributed by atoms with E-state index in [0.29, 0.717) is 35.5 Å². The van der Waals surface area contributed by atoms with Crippen molar-refractivity contribution >= 4 is 34.5 Å². The third kappa shape index (κ3) is 4.91. The third-order valence-electron chi connectivity index (χ3n) is 7.48. The number of hydrogen-bond acceptors (Lipinski definition) is 6. The number of aliphatic hydroxyl groups excluding tert-OH is 1. The van der Waals surface area contributed by atoms with Gasteiger partial charge in [0.05, 0.1) is 31.6 Å². The highest BCUT2D eigenvalue weighted by Crippen LogP contribution is 2.35. The number of fused-ring (bicyclic) bond motifs is 1. The maximum absolute atomic E-state index is 13.6. The number of amides is 1. The molecule has 2 aromatic heterocycles. The number of pyridine rings is 2. The number of nitrogens with one attached hydrogen (secondary N) is 2. The molecule has 0 bridgehead atoms. The summed E-state index contributed by atoms with van der Waals surface area (Å²) in [4.78, 5) is 30.5. The molecule has 3 N–H and O–H groups in total. The largest absolute Gasteiger partial charge is 0.392 e. The van der Waals surface area contributed by atoms with Gasteiger partial charge in [0.25, 0.3) is 17.3 Å². The van der Waals surface area contributed by atoms with Gasteiger partial charge in [0.2, 0.25) is 0 Å². The Kier molecular flexibility index (Phi) is 7.32. The van der Waals surface area contributed by atoms with Crippen LogP contribution in [-0.4, -0.2) is 43.3 Å². The minimum absolute atomic E-state index is 0.0851. The van der Waals surface area contributed by atoms with Crippen LogP contribution in [-0.2, 0) is 27.1 Å². The number of aromatic nitrogens is 2. The minimum Gasteiger partial charge on any atom is -0.392 e. The van der Waals surface area contributed by atoms with Gasteiger partial charge in [-0.1, -0.05) is 12.1 Å². The van der Waals surface area contributed by atoms with Crippen molar-refractivity contribution in [3.05, 3.63) is 94.0 Å². The Morgan fingerprint density at radius 1 is 1.05 bits per heavy atom. The maximum atomic E-state index is 13.6. The molecule has 0 spiro atoms. The Balaban J connectivity index is 1.55. The molecule has 0 radical (unpaired) electrons. The summed E-state index contributed by atoms with van der Waals surface area (Å²) in [5, 5.41) is 16.9. The van der Waals surface area contributed by atoms with Gasteiger partial charge < -0.3 is 24.8 Å². The zero-order valence-electron chi connectivity index (χ0n) is 23.5. The second-order valence-corrected chi connectivity index (χ2v) is 10.2. The normalized spacial score (nSPS) is 12.8. The molecule has 0 atom stereocenters. The third-order valence-corrected chi connectivity index (χ3v) is 7.48. The molecule has 40 heavy (non-hydrogen) atoms. The molecule has 1 amide bonds. The minimum atomic E-state index is -0.257. The van der Waals surface area contributed by atoms with E-state index in [1.807, 2.05) is 86.3 Å². The fourth-order valence-corrected chi connectivity index (χ4v) is 5.18. The number of aliphatic hydroxyl groups is 1. The van der Waals surface area contributed by atoms with Crippen LogP contribution in [0.4, 0.5) is 28.6 Å². The van der Waals surface area contributed by atoms with E-state index in [1.54, 1.807) is 24.2 Å². The van der Waals surface area contributed by atoms with E-state index in [0.717, 1.165) is 33.9 Å². The molecule has 4 aromatic rings. The van der Waals surface area contributed by atoms with Crippen LogP contribution in [0.25, 0.3) is 11.1 Å². The molecular formula is C31H35N6O3+. The van der Waals surface area contributed by atoms with Crippen molar-refractivity contribution in [2.45, 2.75) is 13.0 Å². The molecule has 1 aliphatic rings. The molecule has 9 heteroatoms. The fourth-order valence-electron chi connectivity index (χ4n) is 5.18. The molecule has 0 fully saturated rings. The van der Waals surface area contributed by atoms with Gasteiger partial charge in [-0.25, -0.2) is 9.88 Å². The van der Waals surface area contributed by atoms with Gasteiger partial charge in [0, 0.05) is 75.1 Å². The fraction of sp³-hybridized carbons (Fsp3) is 0.258. The van der Waals surface area contributed by atoms with Crippen molar-refractivity contribution < 1.29 is 14.5 Å². The molecule has 9 nitrogen and oxygen atoms in total. The summed E-state index contributed by atoms with van der Waals surface area (Å²) in [6.07, 6.45) is 4.38. The van der Waals surface area contributed by atoms with Gasteiger partial charge in [-0.05, 0) is 47.9 Å². The van der Waals surface area contributed by atoms with Crippen molar-refractivity contribution in [2.24, 2.45) is 14.1 Å². The lowest BCUT2D eigenvalue weighted by Gasteiger charge is -2.31. The second kappa shape index (κ2) is 10.9. The zero-order chi connectivity index (χ0) is 28.6. The number of hydrogen-bond donors (Lipinski definition) is 3. The lowest BCUT2D eigenvalue weighted by Crippen LogP contribution is -2.38. The first-order valence-corrected chi connectivity index (χ1v) is 13.2. The Hall–Kier alpha value is -4.63. The number of aryl methyl sites for hydroxylation is 2. The number of rotatable bonds is 7. The Morgan fingerprint density at radius 3 is 2.58 bits per heavy atom. The maximum Gasteiger partial charge on any atom is 0.297 e. The predicted molar refractivity (Wildman–Crippen MR) is 160 cm³/mol. The molecule has 5 rings (SSSR count). The summed E-state index contributed by atoms with van der Waals surface area (Å²) in [6.45, 7) is 0.254. The van der Waals surface area contributed by atoms with Crippen molar-refractivity contribution in [3.63, 3.8) is 0 Å². The molecular weight excluding hydrogens is 504 g/mol. The van der Waals surface area contributed by atoms with Gasteiger partial charge in [0.15, 0.2) is 5.69 Å². The topological polar surface area (TPSA) is 93.7 Å². The molecule has 0 aliphatic carbocycles. The smallest absolute Gasteiger partial charge is 0.297 e. The van der Waals surface area contributed by atoms with Crippen LogP contribution in [0.1, 0.15) is 21.5 Å². The average molecular weight is 540 g/mol. The van der Waals surface area contributed by atoms with Crippen LogP contribution in [0.5, 0.6) is 0 Å². The van der Waals surface area contributed by atoms with Gasteiger partial charge in [0.1, 0.15) is 0 Å². The molecule has 2 aromatic carbocycles. The van der Waals surface area contributed by atoms with E-state index in [-0.39, 0.29) is 18.1 Å². The average Bonchev–Trinajstić information content (AvgIpc) is 2.96. The number of carbonyl (C=O) groups is 1. The molecule has 3 heterocycles. The van der Waals surface area contributed by atoms with Crippen molar-refractivity contribution in [3.8, 4) is 11.1 Å². The van der Waals surface area contributed by atoms with Gasteiger partial charge in [-0.2, -0.15) is 0 Å². The van der Waals surface area contributed by atoms with Crippen molar-refractivity contribution in [1.29, 1.82) is 0 Å². The van der Waals surface area contributed by atoms with Crippen LogP contribution >= 0.6 is 0 Å². The second-order valence-electron chi connectivity index (χ2n) is 10.2. The van der Waals surface area contributed by atoms with Crippen LogP contribution in [0.15, 0.2) is 71.8 Å². The summed E-state index contributed by atoms with van der Waals surface area (Å²) >= 11 is 0. The van der Waals surface area contributed by atoms with Crippen LogP contribution < -0.4 is 30.6 Å². The quantitative estimate of drug-likeness (QED) is 0.312. The highest BCUT2D eigenvalue weighted by atomic mass is 16.3. The van der Waals surface area contributed by atoms with Gasteiger partial charge in [-0.3, -0.25) is 9.59 Å². The first kappa shape index (κ1) is 27.0. The summed E-state index contributed by atoms with van der Waals surface area (Å²) in [7, 11) is 9.42.